The molecule has 4 heteroatoms. The fraction of sp³-hybridized carbons (Fsp3) is 0.111. The van der Waals surface area contributed by atoms with Gasteiger partial charge in [0.1, 0.15) is 5.71 Å². The minimum absolute atomic E-state index is 0.154. The molecule has 3 nitrogen and oxygen atoms in total. The van der Waals surface area contributed by atoms with E-state index in [4.69, 9.17) is 5.11 Å². The number of nitrogens with zero attached hydrogens (tertiary/aromatic N) is 1. The number of carbonyl (C=O) groups is 1. The molecule has 0 aromatic heterocycles. The number of aliphatic imine (C=N–C) groups is 1. The third-order valence-electron chi connectivity index (χ3n) is 1.91. The van der Waals surface area contributed by atoms with Gasteiger partial charge in [-0.05, 0) is 11.6 Å². The average Bonchev–Trinajstić information content (AvgIpc) is 2.45. The van der Waals surface area contributed by atoms with Crippen LogP contribution < -0.4 is 0 Å². The summed E-state index contributed by atoms with van der Waals surface area (Å²) in [6.45, 7) is 0. The first kappa shape index (κ1) is 8.44. The van der Waals surface area contributed by atoms with E-state index in [0.717, 1.165) is 11.3 Å². The van der Waals surface area contributed by atoms with Gasteiger partial charge in [-0.25, -0.2) is 9.79 Å². The molecule has 1 aliphatic heterocycles. The summed E-state index contributed by atoms with van der Waals surface area (Å²) in [6, 6.07) is 7.38. The number of para-hydroxylation sites is 1. The maximum Gasteiger partial charge on any atom is 0.351 e. The summed E-state index contributed by atoms with van der Waals surface area (Å²) in [6.07, 6.45) is 0. The molecule has 0 radical (unpaired) electrons. The van der Waals surface area contributed by atoms with Crippen LogP contribution in [0.5, 0.6) is 0 Å². The van der Waals surface area contributed by atoms with Crippen LogP contribution in [-0.4, -0.2) is 16.8 Å². The quantitative estimate of drug-likeness (QED) is 0.765. The molecule has 1 N–H and O–H groups in total. The van der Waals surface area contributed by atoms with Crippen LogP contribution in [0.3, 0.4) is 0 Å². The molecule has 1 aromatic carbocycles. The van der Waals surface area contributed by atoms with Crippen molar-refractivity contribution in [2.75, 3.05) is 0 Å². The van der Waals surface area contributed by atoms with Crippen LogP contribution in [0.2, 0.25) is 0 Å². The summed E-state index contributed by atoms with van der Waals surface area (Å²) < 4.78 is 0. The van der Waals surface area contributed by atoms with Gasteiger partial charge in [0.25, 0.3) is 0 Å². The first-order valence-corrected chi connectivity index (χ1v) is 4.66. The molecule has 1 aliphatic rings. The average molecular weight is 240 g/mol. The van der Waals surface area contributed by atoms with E-state index in [1.807, 2.05) is 18.2 Å². The maximum absolute atomic E-state index is 10.7. The molecule has 13 heavy (non-hydrogen) atoms. The van der Waals surface area contributed by atoms with Gasteiger partial charge in [-0.2, -0.15) is 0 Å². The molecule has 0 amide bonds. The van der Waals surface area contributed by atoms with Gasteiger partial charge in [0.2, 0.25) is 0 Å². The Bertz CT molecular complexity index is 400. The first-order chi connectivity index (χ1) is 6.20. The fourth-order valence-corrected chi connectivity index (χ4v) is 1.98. The highest BCUT2D eigenvalue weighted by Gasteiger charge is 2.28. The summed E-state index contributed by atoms with van der Waals surface area (Å²) in [5.41, 5.74) is 1.81. The lowest BCUT2D eigenvalue weighted by Gasteiger charge is -2.01. The van der Waals surface area contributed by atoms with Crippen molar-refractivity contribution in [3.05, 3.63) is 29.8 Å². The second-order valence-corrected chi connectivity index (χ2v) is 3.64. The molecular weight excluding hydrogens is 234 g/mol. The van der Waals surface area contributed by atoms with Gasteiger partial charge in [0, 0.05) is 0 Å². The van der Waals surface area contributed by atoms with Gasteiger partial charge in [0.15, 0.2) is 0 Å². The van der Waals surface area contributed by atoms with Crippen LogP contribution in [0.25, 0.3) is 0 Å². The largest absolute Gasteiger partial charge is 0.477 e. The third kappa shape index (κ3) is 1.27. The lowest BCUT2D eigenvalue weighted by Crippen LogP contribution is -2.14. The van der Waals surface area contributed by atoms with Crippen LogP contribution in [0.4, 0.5) is 5.69 Å². The minimum Gasteiger partial charge on any atom is -0.477 e. The van der Waals surface area contributed by atoms with Gasteiger partial charge in [-0.3, -0.25) is 0 Å². The van der Waals surface area contributed by atoms with Crippen molar-refractivity contribution < 1.29 is 9.90 Å². The Morgan fingerprint density at radius 3 is 2.77 bits per heavy atom. The monoisotopic (exact) mass is 239 g/mol. The van der Waals surface area contributed by atoms with E-state index in [1.54, 1.807) is 6.07 Å². The highest BCUT2D eigenvalue weighted by atomic mass is 79.9. The molecule has 0 saturated heterocycles. The minimum atomic E-state index is -0.974. The molecule has 1 aromatic rings. The number of aliphatic carboxylic acids is 1. The predicted octanol–water partition coefficient (Wildman–Crippen LogP) is 2.29. The summed E-state index contributed by atoms with van der Waals surface area (Å²) >= 11 is 3.29. The summed E-state index contributed by atoms with van der Waals surface area (Å²) in [5.74, 6) is -0.974. The number of fused-ring (bicyclic) bond motifs is 1. The fourth-order valence-electron chi connectivity index (χ4n) is 1.29. The van der Waals surface area contributed by atoms with Crippen molar-refractivity contribution in [3.63, 3.8) is 0 Å². The first-order valence-electron chi connectivity index (χ1n) is 3.75. The second-order valence-electron chi connectivity index (χ2n) is 2.72. The van der Waals surface area contributed by atoms with E-state index in [0.29, 0.717) is 0 Å². The van der Waals surface area contributed by atoms with Crippen LogP contribution in [0.1, 0.15) is 10.4 Å². The van der Waals surface area contributed by atoms with Crippen LogP contribution >= 0.6 is 15.9 Å². The zero-order valence-corrected chi connectivity index (χ0v) is 8.15. The van der Waals surface area contributed by atoms with Crippen molar-refractivity contribution in [1.82, 2.24) is 0 Å². The van der Waals surface area contributed by atoms with E-state index >= 15 is 0 Å². The molecule has 0 aliphatic carbocycles. The highest BCUT2D eigenvalue weighted by Crippen LogP contribution is 2.38. The maximum atomic E-state index is 10.7. The van der Waals surface area contributed by atoms with Gasteiger partial charge in [0.05, 0.1) is 10.5 Å². The van der Waals surface area contributed by atoms with Crippen LogP contribution in [0, 0.1) is 0 Å². The Morgan fingerprint density at radius 1 is 1.46 bits per heavy atom. The molecule has 66 valence electrons. The summed E-state index contributed by atoms with van der Waals surface area (Å²) in [5, 5.41) is 8.80. The molecule has 0 saturated carbocycles. The van der Waals surface area contributed by atoms with E-state index in [1.165, 1.54) is 0 Å². The third-order valence-corrected chi connectivity index (χ3v) is 2.84. The van der Waals surface area contributed by atoms with Crippen molar-refractivity contribution in [2.24, 2.45) is 4.99 Å². The van der Waals surface area contributed by atoms with Crippen molar-refractivity contribution >= 4 is 33.3 Å². The van der Waals surface area contributed by atoms with Gasteiger partial charge in [-0.15, -0.1) is 0 Å². The number of carboxylic acid groups (broad SMARTS) is 1. The lowest BCUT2D eigenvalue weighted by molar-refractivity contribution is -0.129. The number of carboxylic acids is 1. The Balaban J connectivity index is 2.50. The molecule has 0 spiro atoms. The Hall–Kier alpha value is -1.16. The topological polar surface area (TPSA) is 49.7 Å². The second kappa shape index (κ2) is 2.96. The molecule has 2 rings (SSSR count). The van der Waals surface area contributed by atoms with E-state index in [2.05, 4.69) is 20.9 Å². The predicted molar refractivity (Wildman–Crippen MR) is 52.8 cm³/mol. The number of hydrogen-bond donors (Lipinski definition) is 1. The van der Waals surface area contributed by atoms with Crippen LogP contribution in [-0.2, 0) is 4.79 Å². The van der Waals surface area contributed by atoms with Gasteiger partial charge >= 0.3 is 5.97 Å². The lowest BCUT2D eigenvalue weighted by atomic mass is 10.1. The Morgan fingerprint density at radius 2 is 2.15 bits per heavy atom. The van der Waals surface area contributed by atoms with Gasteiger partial charge in [-0.1, -0.05) is 34.1 Å². The van der Waals surface area contributed by atoms with Gasteiger partial charge < -0.3 is 5.11 Å². The summed E-state index contributed by atoms with van der Waals surface area (Å²) in [7, 11) is 0. The number of benzene rings is 1. The molecule has 1 atom stereocenters. The number of hydrogen-bond acceptors (Lipinski definition) is 2. The van der Waals surface area contributed by atoms with E-state index < -0.39 is 5.97 Å². The molecule has 0 unspecified atom stereocenters. The van der Waals surface area contributed by atoms with E-state index in [9.17, 15) is 4.79 Å². The standard InChI is InChI=1S/C9H6BrNO2/c10-7-5-3-1-2-4-6(5)11-8(7)9(12)13/h1-4,7H,(H,12,13)/t7-/m0/s1. The number of halogens is 1. The smallest absolute Gasteiger partial charge is 0.351 e. The van der Waals surface area contributed by atoms with Crippen molar-refractivity contribution in [2.45, 2.75) is 4.83 Å². The Labute approximate surface area is 83.2 Å². The molecular formula is C9H6BrNO2. The number of rotatable bonds is 1. The van der Waals surface area contributed by atoms with Crippen LogP contribution in [0.15, 0.2) is 29.3 Å². The number of alkyl halides is 1. The molecule has 0 fully saturated rings. The van der Waals surface area contributed by atoms with E-state index in [-0.39, 0.29) is 10.5 Å². The highest BCUT2D eigenvalue weighted by molar-refractivity contribution is 9.09. The SMILES string of the molecule is O=C(O)C1=Nc2ccccc2[C@@H]1Br. The molecule has 1 heterocycles. The normalized spacial score (nSPS) is 19.5. The van der Waals surface area contributed by atoms with Crippen molar-refractivity contribution in [3.8, 4) is 0 Å². The zero-order chi connectivity index (χ0) is 9.42. The Kier molecular flexibility index (Phi) is 1.92. The summed E-state index contributed by atoms with van der Waals surface area (Å²) in [4.78, 5) is 14.4. The van der Waals surface area contributed by atoms with Crippen molar-refractivity contribution in [1.29, 1.82) is 0 Å². The zero-order valence-electron chi connectivity index (χ0n) is 6.57. The molecule has 0 bridgehead atoms.